The maximum Gasteiger partial charge on any atom is 0.341 e. The van der Waals surface area contributed by atoms with Gasteiger partial charge in [-0.2, -0.15) is 0 Å². The van der Waals surface area contributed by atoms with Gasteiger partial charge in [-0.3, -0.25) is 4.99 Å². The number of methoxy groups -OCH3 is 2. The summed E-state index contributed by atoms with van der Waals surface area (Å²) in [6, 6.07) is 5.43. The van der Waals surface area contributed by atoms with Crippen molar-refractivity contribution in [3.05, 3.63) is 29.3 Å². The van der Waals surface area contributed by atoms with Crippen LogP contribution in [0.5, 0.6) is 5.75 Å². The van der Waals surface area contributed by atoms with Gasteiger partial charge in [0.1, 0.15) is 17.4 Å². The number of nitrogens with one attached hydrogen (secondary N) is 1. The third-order valence-corrected chi connectivity index (χ3v) is 5.11. The number of aliphatic imine (C=N–C) groups is 1. The fraction of sp³-hybridized carbons (Fsp3) is 0.600. The smallest absolute Gasteiger partial charge is 0.341 e. The van der Waals surface area contributed by atoms with E-state index in [0.29, 0.717) is 24.5 Å². The van der Waals surface area contributed by atoms with Crippen LogP contribution >= 0.6 is 24.0 Å². The lowest BCUT2D eigenvalue weighted by molar-refractivity contribution is -0.0817. The largest absolute Gasteiger partial charge is 0.496 e. The van der Waals surface area contributed by atoms with Crippen LogP contribution in [0.15, 0.2) is 23.2 Å². The Bertz CT molecular complexity index is 709. The van der Waals surface area contributed by atoms with Crippen molar-refractivity contribution in [3.8, 4) is 5.75 Å². The Balaban J connectivity index is 0.00000300. The zero-order valence-corrected chi connectivity index (χ0v) is 19.5. The third kappa shape index (κ3) is 5.95. The number of carbonyl (C=O) groups excluding carboxylic acids is 1. The summed E-state index contributed by atoms with van der Waals surface area (Å²) in [4.78, 5) is 18.4. The summed E-state index contributed by atoms with van der Waals surface area (Å²) in [5.74, 6) is 0.897. The lowest BCUT2D eigenvalue weighted by Gasteiger charge is -2.37. The Labute approximate surface area is 188 Å². The van der Waals surface area contributed by atoms with Crippen molar-refractivity contribution in [2.45, 2.75) is 31.6 Å². The normalized spacial score (nSPS) is 22.0. The fourth-order valence-corrected chi connectivity index (χ4v) is 3.63. The van der Waals surface area contributed by atoms with Crippen LogP contribution in [-0.4, -0.2) is 76.6 Å². The molecular formula is C20H30IN3O5. The second kappa shape index (κ2) is 11.6. The van der Waals surface area contributed by atoms with Gasteiger partial charge in [0.15, 0.2) is 5.96 Å². The number of nitrogens with zero attached hydrogens (tertiary/aromatic N) is 2. The van der Waals surface area contributed by atoms with Gasteiger partial charge >= 0.3 is 5.97 Å². The Morgan fingerprint density at radius 2 is 2.07 bits per heavy atom. The first-order chi connectivity index (χ1) is 13.7. The Morgan fingerprint density at radius 3 is 2.72 bits per heavy atom. The van der Waals surface area contributed by atoms with E-state index in [1.54, 1.807) is 13.1 Å². The maximum atomic E-state index is 11.8. The van der Waals surface area contributed by atoms with E-state index < -0.39 is 5.97 Å². The third-order valence-electron chi connectivity index (χ3n) is 5.11. The lowest BCUT2D eigenvalue weighted by atomic mass is 10.1. The Hall–Kier alpha value is -1.59. The first-order valence-corrected chi connectivity index (χ1v) is 9.60. The highest BCUT2D eigenvalue weighted by atomic mass is 127. The topological polar surface area (TPSA) is 81.6 Å². The van der Waals surface area contributed by atoms with Crippen LogP contribution in [0.2, 0.25) is 0 Å². The van der Waals surface area contributed by atoms with Crippen LogP contribution < -0.4 is 10.1 Å². The fourth-order valence-electron chi connectivity index (χ4n) is 3.63. The van der Waals surface area contributed by atoms with Gasteiger partial charge in [-0.15, -0.1) is 24.0 Å². The van der Waals surface area contributed by atoms with E-state index in [-0.39, 0.29) is 36.2 Å². The highest BCUT2D eigenvalue weighted by Gasteiger charge is 2.32. The van der Waals surface area contributed by atoms with E-state index in [1.165, 1.54) is 14.2 Å². The molecule has 0 amide bonds. The van der Waals surface area contributed by atoms with Gasteiger partial charge in [0.05, 0.1) is 26.9 Å². The van der Waals surface area contributed by atoms with Crippen LogP contribution in [-0.2, 0) is 20.8 Å². The monoisotopic (exact) mass is 519 g/mol. The van der Waals surface area contributed by atoms with Crippen LogP contribution in [0, 0.1) is 0 Å². The molecule has 0 aromatic heterocycles. The molecule has 3 rings (SSSR count). The number of benzene rings is 1. The van der Waals surface area contributed by atoms with Crippen molar-refractivity contribution in [1.29, 1.82) is 0 Å². The van der Waals surface area contributed by atoms with Gasteiger partial charge < -0.3 is 29.2 Å². The summed E-state index contributed by atoms with van der Waals surface area (Å²) in [6.07, 6.45) is 2.41. The molecular weight excluding hydrogens is 489 g/mol. The summed E-state index contributed by atoms with van der Waals surface area (Å²) in [6.45, 7) is 3.59. The molecule has 2 saturated heterocycles. The number of morpholine rings is 1. The summed E-state index contributed by atoms with van der Waals surface area (Å²) < 4.78 is 21.8. The van der Waals surface area contributed by atoms with Crippen LogP contribution in [0.4, 0.5) is 0 Å². The molecule has 8 nitrogen and oxygen atoms in total. The second-order valence-corrected chi connectivity index (χ2v) is 6.83. The molecule has 1 N–H and O–H groups in total. The summed E-state index contributed by atoms with van der Waals surface area (Å²) in [5.41, 5.74) is 1.39. The minimum atomic E-state index is -0.416. The zero-order chi connectivity index (χ0) is 19.9. The molecule has 0 bridgehead atoms. The van der Waals surface area contributed by atoms with E-state index in [2.05, 4.69) is 15.2 Å². The van der Waals surface area contributed by atoms with Crippen molar-refractivity contribution < 1.29 is 23.7 Å². The molecule has 2 aliphatic heterocycles. The van der Waals surface area contributed by atoms with Gasteiger partial charge in [-0.1, -0.05) is 6.07 Å². The van der Waals surface area contributed by atoms with Gasteiger partial charge in [0, 0.05) is 33.3 Å². The van der Waals surface area contributed by atoms with Crippen LogP contribution in [0.25, 0.3) is 0 Å². The minimum Gasteiger partial charge on any atom is -0.496 e. The zero-order valence-electron chi connectivity index (χ0n) is 17.2. The van der Waals surface area contributed by atoms with Crippen LogP contribution in [0.1, 0.15) is 28.8 Å². The average Bonchev–Trinajstić information content (AvgIpc) is 3.28. The molecule has 0 aliphatic carbocycles. The van der Waals surface area contributed by atoms with E-state index in [4.69, 9.17) is 18.9 Å². The molecule has 0 saturated carbocycles. The molecule has 2 fully saturated rings. The van der Waals surface area contributed by atoms with E-state index >= 15 is 0 Å². The number of hydrogen-bond donors (Lipinski definition) is 1. The predicted octanol–water partition coefficient (Wildman–Crippen LogP) is 2.05. The number of rotatable bonds is 5. The molecule has 2 unspecified atom stereocenters. The summed E-state index contributed by atoms with van der Waals surface area (Å²) in [5, 5.41) is 3.39. The van der Waals surface area contributed by atoms with Crippen molar-refractivity contribution in [1.82, 2.24) is 10.2 Å². The van der Waals surface area contributed by atoms with E-state index in [0.717, 1.165) is 44.1 Å². The number of halogens is 1. The molecule has 29 heavy (non-hydrogen) atoms. The molecule has 2 aliphatic rings. The quantitative estimate of drug-likeness (QED) is 0.276. The molecule has 0 spiro atoms. The molecule has 1 aromatic rings. The molecule has 9 heteroatoms. The standard InChI is InChI=1S/C20H29N3O5.HI/c1-21-20(23-8-10-28-18(13-23)16-5-4-9-27-16)22-12-14-6-7-15(19(24)26-3)17(11-14)25-2;/h6-7,11,16,18H,4-5,8-10,12-13H2,1-3H3,(H,21,22);1H. The first kappa shape index (κ1) is 23.7. The molecule has 162 valence electrons. The van der Waals surface area contributed by atoms with Crippen molar-refractivity contribution in [2.75, 3.05) is 47.6 Å². The highest BCUT2D eigenvalue weighted by Crippen LogP contribution is 2.22. The first-order valence-electron chi connectivity index (χ1n) is 9.60. The predicted molar refractivity (Wildman–Crippen MR) is 120 cm³/mol. The molecule has 2 heterocycles. The number of carbonyl (C=O) groups is 1. The van der Waals surface area contributed by atoms with E-state index in [9.17, 15) is 4.79 Å². The number of esters is 1. The summed E-state index contributed by atoms with van der Waals surface area (Å²) in [7, 11) is 4.67. The van der Waals surface area contributed by atoms with Gasteiger partial charge in [-0.25, -0.2) is 4.79 Å². The number of guanidine groups is 1. The molecule has 1 aromatic carbocycles. The number of ether oxygens (including phenoxy) is 4. The van der Waals surface area contributed by atoms with Gasteiger partial charge in [-0.05, 0) is 30.5 Å². The Kier molecular flexibility index (Phi) is 9.44. The van der Waals surface area contributed by atoms with Crippen LogP contribution in [0.3, 0.4) is 0 Å². The maximum absolute atomic E-state index is 11.8. The average molecular weight is 519 g/mol. The Morgan fingerprint density at radius 1 is 1.28 bits per heavy atom. The van der Waals surface area contributed by atoms with Crippen molar-refractivity contribution >= 4 is 35.9 Å². The minimum absolute atomic E-state index is 0. The second-order valence-electron chi connectivity index (χ2n) is 6.83. The SMILES string of the molecule is CN=C(NCc1ccc(C(=O)OC)c(OC)c1)N1CCOC(C2CCCO2)C1.I. The summed E-state index contributed by atoms with van der Waals surface area (Å²) >= 11 is 0. The van der Waals surface area contributed by atoms with Gasteiger partial charge in [0.2, 0.25) is 0 Å². The van der Waals surface area contributed by atoms with Gasteiger partial charge in [0.25, 0.3) is 0 Å². The lowest BCUT2D eigenvalue weighted by Crippen LogP contribution is -2.53. The highest BCUT2D eigenvalue weighted by molar-refractivity contribution is 14.0. The molecule has 0 radical (unpaired) electrons. The van der Waals surface area contributed by atoms with Crippen molar-refractivity contribution in [3.63, 3.8) is 0 Å². The van der Waals surface area contributed by atoms with Crippen molar-refractivity contribution in [2.24, 2.45) is 4.99 Å². The molecule has 2 atom stereocenters. The van der Waals surface area contributed by atoms with E-state index in [1.807, 2.05) is 12.1 Å². The number of hydrogen-bond acceptors (Lipinski definition) is 6.